The van der Waals surface area contributed by atoms with Crippen LogP contribution in [0, 0.1) is 5.82 Å². The monoisotopic (exact) mass is 325 g/mol. The third kappa shape index (κ3) is 3.44. The molecule has 0 fully saturated rings. The van der Waals surface area contributed by atoms with Crippen molar-refractivity contribution in [3.8, 4) is 0 Å². The summed E-state index contributed by atoms with van der Waals surface area (Å²) in [6, 6.07) is 0. The van der Waals surface area contributed by atoms with Crippen LogP contribution in [-0.2, 0) is 21.3 Å². The van der Waals surface area contributed by atoms with Gasteiger partial charge in [0.25, 0.3) is 6.43 Å². The number of carbonyl (C=O) groups excluding carboxylic acids is 1. The van der Waals surface area contributed by atoms with Crippen molar-refractivity contribution in [1.29, 1.82) is 0 Å². The quantitative estimate of drug-likeness (QED) is 0.616. The van der Waals surface area contributed by atoms with Crippen LogP contribution in [0.5, 0.6) is 0 Å². The van der Waals surface area contributed by atoms with Crippen LogP contribution in [0.25, 0.3) is 0 Å². The Morgan fingerprint density at radius 3 is 2.72 bits per heavy atom. The van der Waals surface area contributed by atoms with Crippen molar-refractivity contribution in [2.24, 2.45) is 0 Å². The summed E-state index contributed by atoms with van der Waals surface area (Å²) in [6.45, 7) is 1.74. The molecule has 18 heavy (non-hydrogen) atoms. The minimum Gasteiger partial charge on any atom is -0.466 e. The number of rotatable bonds is 5. The van der Waals surface area contributed by atoms with Crippen LogP contribution in [0.15, 0.2) is 6.20 Å². The lowest BCUT2D eigenvalue weighted by Crippen LogP contribution is -2.12. The highest BCUT2D eigenvalue weighted by molar-refractivity contribution is 9.08. The smallest absolute Gasteiger partial charge is 0.311 e. The van der Waals surface area contributed by atoms with E-state index in [-0.39, 0.29) is 23.2 Å². The molecule has 0 atom stereocenters. The Labute approximate surface area is 110 Å². The Balaban J connectivity index is 3.08. The van der Waals surface area contributed by atoms with Crippen LogP contribution in [0.2, 0.25) is 0 Å². The minimum atomic E-state index is -2.96. The first-order valence-electron chi connectivity index (χ1n) is 5.17. The highest BCUT2D eigenvalue weighted by atomic mass is 79.9. The molecule has 0 bridgehead atoms. The highest BCUT2D eigenvalue weighted by Gasteiger charge is 2.23. The van der Waals surface area contributed by atoms with Gasteiger partial charge in [-0.2, -0.15) is 0 Å². The highest BCUT2D eigenvalue weighted by Crippen LogP contribution is 2.28. The number of carbonyl (C=O) groups is 1. The van der Waals surface area contributed by atoms with Gasteiger partial charge in [0.05, 0.1) is 24.3 Å². The van der Waals surface area contributed by atoms with Gasteiger partial charge in [0, 0.05) is 11.5 Å². The van der Waals surface area contributed by atoms with Gasteiger partial charge < -0.3 is 4.74 Å². The summed E-state index contributed by atoms with van der Waals surface area (Å²) in [5.74, 6) is -1.84. The van der Waals surface area contributed by atoms with Gasteiger partial charge in [0.15, 0.2) is 5.82 Å². The number of pyridine rings is 1. The maximum Gasteiger partial charge on any atom is 0.311 e. The molecule has 0 unspecified atom stereocenters. The molecule has 0 aliphatic rings. The molecule has 0 radical (unpaired) electrons. The van der Waals surface area contributed by atoms with Crippen LogP contribution in [0.4, 0.5) is 13.2 Å². The molecule has 0 spiro atoms. The van der Waals surface area contributed by atoms with Crippen molar-refractivity contribution < 1.29 is 22.7 Å². The standard InChI is InChI=1S/C11H11BrF3NO2/c1-2-18-8(17)3-7-10(13)9(11(14)15)6(4-12)5-16-7/h5,11H,2-4H2,1H3. The summed E-state index contributed by atoms with van der Waals surface area (Å²) in [7, 11) is 0. The Morgan fingerprint density at radius 2 is 2.22 bits per heavy atom. The zero-order valence-corrected chi connectivity index (χ0v) is 11.1. The largest absolute Gasteiger partial charge is 0.466 e. The summed E-state index contributed by atoms with van der Waals surface area (Å²) in [5, 5.41) is 0.0658. The van der Waals surface area contributed by atoms with Crippen LogP contribution < -0.4 is 0 Å². The molecule has 3 nitrogen and oxygen atoms in total. The topological polar surface area (TPSA) is 39.2 Å². The van der Waals surface area contributed by atoms with Gasteiger partial charge in [-0.15, -0.1) is 0 Å². The lowest BCUT2D eigenvalue weighted by atomic mass is 10.1. The fourth-order valence-electron chi connectivity index (χ4n) is 1.39. The normalized spacial score (nSPS) is 10.8. The SMILES string of the molecule is CCOC(=O)Cc1ncc(CBr)c(C(F)F)c1F. The fraction of sp³-hybridized carbons (Fsp3) is 0.455. The van der Waals surface area contributed by atoms with Crippen molar-refractivity contribution in [3.05, 3.63) is 28.8 Å². The molecule has 0 saturated heterocycles. The van der Waals surface area contributed by atoms with Gasteiger partial charge in [0.1, 0.15) is 0 Å². The van der Waals surface area contributed by atoms with Crippen molar-refractivity contribution >= 4 is 21.9 Å². The van der Waals surface area contributed by atoms with E-state index in [0.29, 0.717) is 0 Å². The number of hydrogen-bond donors (Lipinski definition) is 0. The minimum absolute atomic E-state index is 0.0649. The first kappa shape index (κ1) is 14.9. The van der Waals surface area contributed by atoms with E-state index >= 15 is 0 Å². The van der Waals surface area contributed by atoms with Crippen molar-refractivity contribution in [2.45, 2.75) is 25.1 Å². The van der Waals surface area contributed by atoms with Gasteiger partial charge in [-0.25, -0.2) is 13.2 Å². The van der Waals surface area contributed by atoms with Gasteiger partial charge in [0.2, 0.25) is 0 Å². The van der Waals surface area contributed by atoms with Gasteiger partial charge in [-0.3, -0.25) is 9.78 Å². The Kier molecular flexibility index (Phi) is 5.58. The Morgan fingerprint density at radius 1 is 1.56 bits per heavy atom. The van der Waals surface area contributed by atoms with E-state index in [9.17, 15) is 18.0 Å². The summed E-state index contributed by atoms with van der Waals surface area (Å²) >= 11 is 2.98. The molecule has 0 N–H and O–H groups in total. The van der Waals surface area contributed by atoms with E-state index in [1.54, 1.807) is 6.92 Å². The molecular formula is C11H11BrF3NO2. The summed E-state index contributed by atoms with van der Waals surface area (Å²) in [4.78, 5) is 14.8. The summed E-state index contributed by atoms with van der Waals surface area (Å²) < 4.78 is 43.9. The van der Waals surface area contributed by atoms with Gasteiger partial charge in [-0.05, 0) is 12.5 Å². The number of aromatic nitrogens is 1. The first-order chi connectivity index (χ1) is 8.51. The molecule has 7 heteroatoms. The lowest BCUT2D eigenvalue weighted by Gasteiger charge is -2.10. The van der Waals surface area contributed by atoms with E-state index < -0.39 is 30.2 Å². The number of hydrogen-bond acceptors (Lipinski definition) is 3. The van der Waals surface area contributed by atoms with E-state index in [4.69, 9.17) is 0 Å². The molecule has 1 aromatic rings. The van der Waals surface area contributed by atoms with E-state index in [1.165, 1.54) is 0 Å². The predicted octanol–water partition coefficient (Wildman–Crippen LogP) is 3.16. The number of nitrogens with zero attached hydrogens (tertiary/aromatic N) is 1. The maximum absolute atomic E-state index is 13.8. The molecule has 1 aromatic heterocycles. The van der Waals surface area contributed by atoms with E-state index in [2.05, 4.69) is 25.7 Å². The van der Waals surface area contributed by atoms with Crippen LogP contribution >= 0.6 is 15.9 Å². The first-order valence-corrected chi connectivity index (χ1v) is 6.29. The zero-order valence-electron chi connectivity index (χ0n) is 9.55. The fourth-order valence-corrected chi connectivity index (χ4v) is 1.84. The summed E-state index contributed by atoms with van der Waals surface area (Å²) in [5.41, 5.74) is -0.982. The van der Waals surface area contributed by atoms with Crippen LogP contribution in [-0.4, -0.2) is 17.6 Å². The van der Waals surface area contributed by atoms with Crippen LogP contribution in [0.3, 0.4) is 0 Å². The second-order valence-corrected chi connectivity index (χ2v) is 3.93. The third-order valence-corrected chi connectivity index (χ3v) is 2.80. The van der Waals surface area contributed by atoms with Gasteiger partial charge >= 0.3 is 5.97 Å². The number of ether oxygens (including phenoxy) is 1. The zero-order chi connectivity index (χ0) is 13.7. The average molecular weight is 326 g/mol. The molecule has 0 aliphatic carbocycles. The van der Waals surface area contributed by atoms with E-state index in [1.807, 2.05) is 0 Å². The second-order valence-electron chi connectivity index (χ2n) is 3.37. The molecule has 0 aliphatic heterocycles. The third-order valence-electron chi connectivity index (χ3n) is 2.19. The molecule has 1 heterocycles. The number of halogens is 4. The second kappa shape index (κ2) is 6.72. The molecular weight excluding hydrogens is 315 g/mol. The Bertz CT molecular complexity index is 441. The van der Waals surface area contributed by atoms with Crippen molar-refractivity contribution in [3.63, 3.8) is 0 Å². The average Bonchev–Trinajstić information content (AvgIpc) is 2.31. The van der Waals surface area contributed by atoms with Crippen LogP contribution in [0.1, 0.15) is 30.2 Å². The molecule has 0 amide bonds. The number of alkyl halides is 3. The lowest BCUT2D eigenvalue weighted by molar-refractivity contribution is -0.142. The van der Waals surface area contributed by atoms with Crippen molar-refractivity contribution in [2.75, 3.05) is 6.61 Å². The number of esters is 1. The van der Waals surface area contributed by atoms with E-state index in [0.717, 1.165) is 6.20 Å². The molecule has 0 saturated carbocycles. The molecule has 0 aromatic carbocycles. The van der Waals surface area contributed by atoms with Gasteiger partial charge in [-0.1, -0.05) is 15.9 Å². The predicted molar refractivity (Wildman–Crippen MR) is 62.1 cm³/mol. The maximum atomic E-state index is 13.8. The molecule has 1 rings (SSSR count). The molecule has 100 valence electrons. The van der Waals surface area contributed by atoms with Crippen molar-refractivity contribution in [1.82, 2.24) is 4.98 Å². The summed E-state index contributed by atoms with van der Waals surface area (Å²) in [6.07, 6.45) is -2.28. The Hall–Kier alpha value is -1.11.